The molecule has 0 N–H and O–H groups in total. The highest BCUT2D eigenvalue weighted by Gasteiger charge is 2.28. The van der Waals surface area contributed by atoms with Crippen LogP contribution in [0.1, 0.15) is 44.5 Å². The summed E-state index contributed by atoms with van der Waals surface area (Å²) in [6.07, 6.45) is 1.75. The fourth-order valence-electron chi connectivity index (χ4n) is 3.56. The minimum absolute atomic E-state index is 0.0649. The molecule has 0 saturated carbocycles. The lowest BCUT2D eigenvalue weighted by atomic mass is 9.98. The zero-order valence-corrected chi connectivity index (χ0v) is 17.2. The maximum Gasteiger partial charge on any atom is 0.337 e. The Hall–Kier alpha value is -3.13. The van der Waals surface area contributed by atoms with Crippen LogP contribution in [0.5, 0.6) is 0 Å². The standard InChI is InChI=1S/C22H20FN3O3S/c1-29-22(28)15-10-8-14(9-11-15)21(27)26-12-4-5-16(13-26)19-24-25-20(30-19)17-6-2-3-7-18(17)23/h2-3,6-11,16H,4-5,12-13H2,1H3. The van der Waals surface area contributed by atoms with Gasteiger partial charge in [-0.05, 0) is 49.2 Å². The van der Waals surface area contributed by atoms with E-state index < -0.39 is 5.97 Å². The van der Waals surface area contributed by atoms with Crippen LogP contribution in [0.2, 0.25) is 0 Å². The smallest absolute Gasteiger partial charge is 0.337 e. The third-order valence-electron chi connectivity index (χ3n) is 5.16. The number of rotatable bonds is 4. The molecular formula is C22H20FN3O3S. The van der Waals surface area contributed by atoms with E-state index in [1.165, 1.54) is 24.5 Å². The molecule has 2 aromatic carbocycles. The minimum Gasteiger partial charge on any atom is -0.465 e. The zero-order chi connectivity index (χ0) is 21.1. The summed E-state index contributed by atoms with van der Waals surface area (Å²) in [6.45, 7) is 1.19. The van der Waals surface area contributed by atoms with Crippen molar-refractivity contribution in [2.24, 2.45) is 0 Å². The normalized spacial score (nSPS) is 16.3. The lowest BCUT2D eigenvalue weighted by Gasteiger charge is -2.31. The van der Waals surface area contributed by atoms with Crippen molar-refractivity contribution in [3.63, 3.8) is 0 Å². The van der Waals surface area contributed by atoms with Crippen LogP contribution in [0.3, 0.4) is 0 Å². The fourth-order valence-corrected chi connectivity index (χ4v) is 4.55. The molecule has 1 saturated heterocycles. The Labute approximate surface area is 177 Å². The topological polar surface area (TPSA) is 72.4 Å². The molecule has 0 aliphatic carbocycles. The summed E-state index contributed by atoms with van der Waals surface area (Å²) in [7, 11) is 1.32. The Morgan fingerprint density at radius 2 is 1.83 bits per heavy atom. The molecule has 1 fully saturated rings. The highest BCUT2D eigenvalue weighted by Crippen LogP contribution is 2.33. The minimum atomic E-state index is -0.436. The van der Waals surface area contributed by atoms with Gasteiger partial charge in [-0.3, -0.25) is 4.79 Å². The second kappa shape index (κ2) is 8.71. The van der Waals surface area contributed by atoms with Gasteiger partial charge in [0, 0.05) is 30.1 Å². The number of hydrogen-bond acceptors (Lipinski definition) is 6. The van der Waals surface area contributed by atoms with Gasteiger partial charge in [0.2, 0.25) is 0 Å². The van der Waals surface area contributed by atoms with Crippen molar-refractivity contribution in [1.82, 2.24) is 15.1 Å². The molecule has 3 aromatic rings. The van der Waals surface area contributed by atoms with Crippen LogP contribution in [0.25, 0.3) is 10.6 Å². The number of ether oxygens (including phenoxy) is 1. The first-order valence-corrected chi connectivity index (χ1v) is 10.4. The van der Waals surface area contributed by atoms with Gasteiger partial charge in [-0.2, -0.15) is 0 Å². The van der Waals surface area contributed by atoms with Gasteiger partial charge in [0.15, 0.2) is 5.01 Å². The van der Waals surface area contributed by atoms with E-state index in [-0.39, 0.29) is 17.6 Å². The molecule has 0 radical (unpaired) electrons. The molecule has 30 heavy (non-hydrogen) atoms. The number of benzene rings is 2. The van der Waals surface area contributed by atoms with E-state index >= 15 is 0 Å². The number of piperidine rings is 1. The van der Waals surface area contributed by atoms with Crippen molar-refractivity contribution in [1.29, 1.82) is 0 Å². The van der Waals surface area contributed by atoms with Crippen molar-refractivity contribution in [3.05, 3.63) is 70.5 Å². The summed E-state index contributed by atoms with van der Waals surface area (Å²) in [4.78, 5) is 26.3. The summed E-state index contributed by atoms with van der Waals surface area (Å²) in [5, 5.41) is 9.80. The van der Waals surface area contributed by atoms with E-state index in [2.05, 4.69) is 14.9 Å². The van der Waals surface area contributed by atoms with Crippen molar-refractivity contribution in [3.8, 4) is 10.6 Å². The van der Waals surface area contributed by atoms with Crippen LogP contribution in [-0.2, 0) is 4.74 Å². The molecule has 1 atom stereocenters. The molecular weight excluding hydrogens is 405 g/mol. The average molecular weight is 425 g/mol. The van der Waals surface area contributed by atoms with Crippen LogP contribution >= 0.6 is 11.3 Å². The molecule has 8 heteroatoms. The second-order valence-corrected chi connectivity index (χ2v) is 8.09. The van der Waals surface area contributed by atoms with Crippen molar-refractivity contribution < 1.29 is 18.7 Å². The number of halogens is 1. The summed E-state index contributed by atoms with van der Waals surface area (Å²) >= 11 is 1.37. The van der Waals surface area contributed by atoms with Crippen LogP contribution in [0.15, 0.2) is 48.5 Å². The number of carbonyl (C=O) groups excluding carboxylic acids is 2. The number of likely N-dealkylation sites (tertiary alicyclic amines) is 1. The van der Waals surface area contributed by atoms with Gasteiger partial charge < -0.3 is 9.64 Å². The third kappa shape index (κ3) is 4.09. The van der Waals surface area contributed by atoms with E-state index in [0.29, 0.717) is 34.8 Å². The fraction of sp³-hybridized carbons (Fsp3) is 0.273. The Morgan fingerprint density at radius 3 is 2.57 bits per heavy atom. The molecule has 1 aromatic heterocycles. The number of methoxy groups -OCH3 is 1. The van der Waals surface area contributed by atoms with Gasteiger partial charge in [-0.1, -0.05) is 23.5 Å². The number of nitrogens with zero attached hydrogens (tertiary/aromatic N) is 3. The van der Waals surface area contributed by atoms with Gasteiger partial charge in [-0.25, -0.2) is 9.18 Å². The number of carbonyl (C=O) groups is 2. The summed E-state index contributed by atoms with van der Waals surface area (Å²) < 4.78 is 18.7. The Bertz CT molecular complexity index is 1070. The van der Waals surface area contributed by atoms with Gasteiger partial charge in [0.25, 0.3) is 5.91 Å². The van der Waals surface area contributed by atoms with E-state index in [1.807, 2.05) is 0 Å². The largest absolute Gasteiger partial charge is 0.465 e. The molecule has 1 aliphatic rings. The molecule has 2 heterocycles. The summed E-state index contributed by atoms with van der Waals surface area (Å²) in [6, 6.07) is 13.0. The van der Waals surface area contributed by atoms with Crippen molar-refractivity contribution >= 4 is 23.2 Å². The molecule has 6 nitrogen and oxygen atoms in total. The van der Waals surface area contributed by atoms with Gasteiger partial charge in [0.05, 0.1) is 12.7 Å². The molecule has 1 amide bonds. The number of aromatic nitrogens is 2. The van der Waals surface area contributed by atoms with Gasteiger partial charge in [-0.15, -0.1) is 10.2 Å². The number of hydrogen-bond donors (Lipinski definition) is 0. The monoisotopic (exact) mass is 425 g/mol. The lowest BCUT2D eigenvalue weighted by molar-refractivity contribution is 0.0599. The van der Waals surface area contributed by atoms with E-state index in [1.54, 1.807) is 47.4 Å². The number of amides is 1. The van der Waals surface area contributed by atoms with E-state index in [4.69, 9.17) is 0 Å². The molecule has 0 spiro atoms. The molecule has 154 valence electrons. The molecule has 1 aliphatic heterocycles. The first-order chi connectivity index (χ1) is 14.6. The van der Waals surface area contributed by atoms with Crippen molar-refractivity contribution in [2.45, 2.75) is 18.8 Å². The summed E-state index contributed by atoms with van der Waals surface area (Å²) in [5.41, 5.74) is 1.36. The van der Waals surface area contributed by atoms with Crippen molar-refractivity contribution in [2.75, 3.05) is 20.2 Å². The predicted molar refractivity (Wildman–Crippen MR) is 111 cm³/mol. The first kappa shape index (κ1) is 20.2. The Balaban J connectivity index is 1.48. The summed E-state index contributed by atoms with van der Waals surface area (Å²) in [5.74, 6) is -0.782. The SMILES string of the molecule is COC(=O)c1ccc(C(=O)N2CCCC(c3nnc(-c4ccccc4F)s3)C2)cc1. The quantitative estimate of drug-likeness (QED) is 0.587. The maximum atomic E-state index is 14.0. The van der Waals surface area contributed by atoms with Gasteiger partial charge in [0.1, 0.15) is 10.8 Å². The van der Waals surface area contributed by atoms with Crippen LogP contribution in [-0.4, -0.2) is 47.2 Å². The molecule has 1 unspecified atom stereocenters. The van der Waals surface area contributed by atoms with E-state index in [9.17, 15) is 14.0 Å². The maximum absolute atomic E-state index is 14.0. The predicted octanol–water partition coefficient (Wildman–Crippen LogP) is 4.15. The second-order valence-electron chi connectivity index (χ2n) is 7.08. The molecule has 4 rings (SSSR count). The van der Waals surface area contributed by atoms with Gasteiger partial charge >= 0.3 is 5.97 Å². The van der Waals surface area contributed by atoms with Crippen LogP contribution < -0.4 is 0 Å². The average Bonchev–Trinajstić information content (AvgIpc) is 3.28. The molecule has 0 bridgehead atoms. The Morgan fingerprint density at radius 1 is 1.10 bits per heavy atom. The third-order valence-corrected chi connectivity index (χ3v) is 6.27. The number of esters is 1. The Kier molecular flexibility index (Phi) is 5.85. The first-order valence-electron chi connectivity index (χ1n) is 9.63. The zero-order valence-electron chi connectivity index (χ0n) is 16.4. The lowest BCUT2D eigenvalue weighted by Crippen LogP contribution is -2.39. The van der Waals surface area contributed by atoms with E-state index in [0.717, 1.165) is 17.8 Å². The highest BCUT2D eigenvalue weighted by atomic mass is 32.1. The van der Waals surface area contributed by atoms with Crippen LogP contribution in [0.4, 0.5) is 4.39 Å². The van der Waals surface area contributed by atoms with Crippen LogP contribution in [0, 0.1) is 5.82 Å². The highest BCUT2D eigenvalue weighted by molar-refractivity contribution is 7.14.